The SMILES string of the molecule is O=C(CCNc1cccc(C(F)(F)F)c1)Nc1ccc(F)c(F)c1F. The lowest BCUT2D eigenvalue weighted by molar-refractivity contribution is -0.137. The van der Waals surface area contributed by atoms with Crippen LogP contribution in [0.2, 0.25) is 0 Å². The lowest BCUT2D eigenvalue weighted by Gasteiger charge is -2.11. The van der Waals surface area contributed by atoms with Crippen molar-refractivity contribution in [2.45, 2.75) is 12.6 Å². The molecular formula is C16H12F6N2O. The number of anilines is 2. The summed E-state index contributed by atoms with van der Waals surface area (Å²) < 4.78 is 77.0. The summed E-state index contributed by atoms with van der Waals surface area (Å²) >= 11 is 0. The van der Waals surface area contributed by atoms with Gasteiger partial charge in [-0.1, -0.05) is 6.07 Å². The van der Waals surface area contributed by atoms with E-state index in [1.807, 2.05) is 0 Å². The van der Waals surface area contributed by atoms with E-state index >= 15 is 0 Å². The van der Waals surface area contributed by atoms with Crippen molar-refractivity contribution in [3.63, 3.8) is 0 Å². The summed E-state index contributed by atoms with van der Waals surface area (Å²) in [6.45, 7) is -0.0432. The highest BCUT2D eigenvalue weighted by Crippen LogP contribution is 2.30. The van der Waals surface area contributed by atoms with Crippen LogP contribution >= 0.6 is 0 Å². The molecule has 0 unspecified atom stereocenters. The molecular weight excluding hydrogens is 350 g/mol. The number of halogens is 6. The second-order valence-electron chi connectivity index (χ2n) is 5.03. The second kappa shape index (κ2) is 7.45. The highest BCUT2D eigenvalue weighted by molar-refractivity contribution is 5.91. The maximum Gasteiger partial charge on any atom is 0.416 e. The Morgan fingerprint density at radius 2 is 1.72 bits per heavy atom. The molecule has 3 nitrogen and oxygen atoms in total. The number of nitrogens with one attached hydrogen (secondary N) is 2. The molecule has 2 N–H and O–H groups in total. The van der Waals surface area contributed by atoms with Crippen LogP contribution in [0.4, 0.5) is 37.7 Å². The van der Waals surface area contributed by atoms with Crippen molar-refractivity contribution >= 4 is 17.3 Å². The van der Waals surface area contributed by atoms with E-state index in [9.17, 15) is 31.1 Å². The normalized spacial score (nSPS) is 11.3. The number of rotatable bonds is 5. The number of amides is 1. The van der Waals surface area contributed by atoms with E-state index in [2.05, 4.69) is 10.6 Å². The molecule has 0 aliphatic carbocycles. The molecule has 0 atom stereocenters. The third-order valence-corrected chi connectivity index (χ3v) is 3.18. The molecule has 0 radical (unpaired) electrons. The number of carbonyl (C=O) groups is 1. The molecule has 0 bridgehead atoms. The standard InChI is InChI=1S/C16H12F6N2O/c17-11-4-5-12(15(19)14(11)18)24-13(25)6-7-23-10-3-1-2-9(8-10)16(20,21)22/h1-5,8,23H,6-7H2,(H,24,25). The number of carbonyl (C=O) groups excluding carboxylic acids is 1. The molecule has 0 saturated heterocycles. The molecule has 0 heterocycles. The van der Waals surface area contributed by atoms with E-state index in [0.29, 0.717) is 6.07 Å². The van der Waals surface area contributed by atoms with Crippen LogP contribution in [0.3, 0.4) is 0 Å². The van der Waals surface area contributed by atoms with Crippen molar-refractivity contribution < 1.29 is 31.1 Å². The van der Waals surface area contributed by atoms with E-state index in [0.717, 1.165) is 18.2 Å². The predicted molar refractivity (Wildman–Crippen MR) is 79.5 cm³/mol. The summed E-state index contributed by atoms with van der Waals surface area (Å²) in [6.07, 6.45) is -4.71. The number of hydrogen-bond donors (Lipinski definition) is 2. The highest BCUT2D eigenvalue weighted by atomic mass is 19.4. The van der Waals surface area contributed by atoms with Crippen molar-refractivity contribution in [2.24, 2.45) is 0 Å². The van der Waals surface area contributed by atoms with Gasteiger partial charge in [-0.15, -0.1) is 0 Å². The fourth-order valence-electron chi connectivity index (χ4n) is 1.96. The summed E-state index contributed by atoms with van der Waals surface area (Å²) in [6, 6.07) is 5.92. The lowest BCUT2D eigenvalue weighted by atomic mass is 10.2. The molecule has 134 valence electrons. The molecule has 9 heteroatoms. The first-order valence-electron chi connectivity index (χ1n) is 7.03. The highest BCUT2D eigenvalue weighted by Gasteiger charge is 2.30. The van der Waals surface area contributed by atoms with Crippen LogP contribution in [-0.4, -0.2) is 12.5 Å². The average molecular weight is 362 g/mol. The van der Waals surface area contributed by atoms with Crippen LogP contribution in [0.25, 0.3) is 0 Å². The maximum atomic E-state index is 13.4. The summed E-state index contributed by atoms with van der Waals surface area (Å²) in [5.74, 6) is -5.34. The van der Waals surface area contributed by atoms with Gasteiger partial charge in [-0.25, -0.2) is 13.2 Å². The third-order valence-electron chi connectivity index (χ3n) is 3.18. The molecule has 0 saturated carbocycles. The minimum absolute atomic E-state index is 0.0432. The van der Waals surface area contributed by atoms with Gasteiger partial charge in [0.2, 0.25) is 5.91 Å². The fraction of sp³-hybridized carbons (Fsp3) is 0.188. The number of hydrogen-bond acceptors (Lipinski definition) is 2. The van der Waals surface area contributed by atoms with Gasteiger partial charge in [-0.05, 0) is 30.3 Å². The largest absolute Gasteiger partial charge is 0.416 e. The average Bonchev–Trinajstić information content (AvgIpc) is 2.55. The number of alkyl halides is 3. The zero-order valence-corrected chi connectivity index (χ0v) is 12.6. The van der Waals surface area contributed by atoms with Gasteiger partial charge in [-0.2, -0.15) is 13.2 Å². The van der Waals surface area contributed by atoms with Crippen LogP contribution < -0.4 is 10.6 Å². The molecule has 0 aliphatic rings. The first-order chi connectivity index (χ1) is 11.7. The second-order valence-corrected chi connectivity index (χ2v) is 5.03. The first-order valence-corrected chi connectivity index (χ1v) is 7.03. The Kier molecular flexibility index (Phi) is 5.55. The van der Waals surface area contributed by atoms with Crippen molar-refractivity contribution in [3.05, 3.63) is 59.4 Å². The minimum atomic E-state index is -4.49. The molecule has 2 rings (SSSR count). The Morgan fingerprint density at radius 3 is 2.40 bits per heavy atom. The zero-order chi connectivity index (χ0) is 18.6. The summed E-state index contributed by atoms with van der Waals surface area (Å²) in [7, 11) is 0. The van der Waals surface area contributed by atoms with E-state index in [1.165, 1.54) is 12.1 Å². The smallest absolute Gasteiger partial charge is 0.385 e. The molecule has 0 aromatic heterocycles. The minimum Gasteiger partial charge on any atom is -0.385 e. The Hall–Kier alpha value is -2.71. The van der Waals surface area contributed by atoms with E-state index < -0.39 is 40.8 Å². The first kappa shape index (κ1) is 18.6. The topological polar surface area (TPSA) is 41.1 Å². The molecule has 25 heavy (non-hydrogen) atoms. The molecule has 2 aromatic rings. The van der Waals surface area contributed by atoms with E-state index in [-0.39, 0.29) is 18.7 Å². The third kappa shape index (κ3) is 4.88. The van der Waals surface area contributed by atoms with Gasteiger partial charge < -0.3 is 10.6 Å². The Morgan fingerprint density at radius 1 is 1.00 bits per heavy atom. The Balaban J connectivity index is 1.90. The van der Waals surface area contributed by atoms with Crippen molar-refractivity contribution in [1.82, 2.24) is 0 Å². The van der Waals surface area contributed by atoms with Crippen LogP contribution in [0.1, 0.15) is 12.0 Å². The quantitative estimate of drug-likeness (QED) is 0.605. The van der Waals surface area contributed by atoms with Crippen LogP contribution in [0.5, 0.6) is 0 Å². The van der Waals surface area contributed by atoms with Gasteiger partial charge in [0.25, 0.3) is 0 Å². The lowest BCUT2D eigenvalue weighted by Crippen LogP contribution is -2.17. The molecule has 0 fully saturated rings. The van der Waals surface area contributed by atoms with Crippen LogP contribution in [-0.2, 0) is 11.0 Å². The van der Waals surface area contributed by atoms with Crippen LogP contribution in [0.15, 0.2) is 36.4 Å². The Labute approximate surface area is 138 Å². The summed E-state index contributed by atoms with van der Waals surface area (Å²) in [5.41, 5.74) is -1.21. The maximum absolute atomic E-state index is 13.4. The van der Waals surface area contributed by atoms with Crippen LogP contribution in [0, 0.1) is 17.5 Å². The van der Waals surface area contributed by atoms with Crippen molar-refractivity contribution in [2.75, 3.05) is 17.2 Å². The summed E-state index contributed by atoms with van der Waals surface area (Å²) in [5, 5.41) is 4.68. The predicted octanol–water partition coefficient (Wildman–Crippen LogP) is 4.56. The monoisotopic (exact) mass is 362 g/mol. The van der Waals surface area contributed by atoms with E-state index in [1.54, 1.807) is 0 Å². The molecule has 1 amide bonds. The van der Waals surface area contributed by atoms with Crippen molar-refractivity contribution in [3.8, 4) is 0 Å². The van der Waals surface area contributed by atoms with Gasteiger partial charge >= 0.3 is 6.18 Å². The molecule has 0 aliphatic heterocycles. The van der Waals surface area contributed by atoms with Gasteiger partial charge in [0, 0.05) is 18.7 Å². The van der Waals surface area contributed by atoms with Gasteiger partial charge in [0.1, 0.15) is 0 Å². The molecule has 2 aromatic carbocycles. The van der Waals surface area contributed by atoms with E-state index in [4.69, 9.17) is 0 Å². The fourth-order valence-corrected chi connectivity index (χ4v) is 1.96. The summed E-state index contributed by atoms with van der Waals surface area (Å²) in [4.78, 5) is 11.7. The zero-order valence-electron chi connectivity index (χ0n) is 12.6. The molecule has 0 spiro atoms. The van der Waals surface area contributed by atoms with Gasteiger partial charge in [0.05, 0.1) is 11.3 Å². The van der Waals surface area contributed by atoms with Gasteiger partial charge in [0.15, 0.2) is 17.5 Å². The number of benzene rings is 2. The van der Waals surface area contributed by atoms with Gasteiger partial charge in [-0.3, -0.25) is 4.79 Å². The Bertz CT molecular complexity index is 776. The van der Waals surface area contributed by atoms with Crippen molar-refractivity contribution in [1.29, 1.82) is 0 Å².